The minimum atomic E-state index is -0.603. The van der Waals surface area contributed by atoms with Gasteiger partial charge in [0.1, 0.15) is 6.10 Å². The Balaban J connectivity index is 1.60. The molecule has 200 valence electrons. The first kappa shape index (κ1) is 26.0. The van der Waals surface area contributed by atoms with Crippen molar-refractivity contribution < 1.29 is 19.4 Å². The number of hydrogen-bond donors (Lipinski definition) is 1. The van der Waals surface area contributed by atoms with Crippen molar-refractivity contribution in [3.63, 3.8) is 0 Å². The lowest BCUT2D eigenvalue weighted by molar-refractivity contribution is -0.173. The van der Waals surface area contributed by atoms with Gasteiger partial charge in [0.15, 0.2) is 0 Å². The molecule has 4 heteroatoms. The van der Waals surface area contributed by atoms with Crippen molar-refractivity contribution in [2.75, 3.05) is 0 Å². The summed E-state index contributed by atoms with van der Waals surface area (Å²) in [5.41, 5.74) is 2.56. The SMILES string of the molecule is CC(=O)O[C@H]1CC[C@]2(C)C3=CC=C4[C@H]5CC(C)(C)CC[C@]5(C(=O)O)CC[C@@]4(C)[C@]3(C)CC[C@H]2C1(C)C. The van der Waals surface area contributed by atoms with E-state index in [1.165, 1.54) is 12.5 Å². The second-order valence-corrected chi connectivity index (χ2v) is 15.2. The number of carbonyl (C=O) groups excluding carboxylic acids is 1. The summed E-state index contributed by atoms with van der Waals surface area (Å²) in [5.74, 6) is -0.175. The van der Waals surface area contributed by atoms with Crippen molar-refractivity contribution >= 4 is 11.9 Å². The summed E-state index contributed by atoms with van der Waals surface area (Å²) in [6, 6.07) is 0. The molecule has 0 saturated heterocycles. The summed E-state index contributed by atoms with van der Waals surface area (Å²) < 4.78 is 5.85. The minimum absolute atomic E-state index is 0.0149. The monoisotopic (exact) mass is 496 g/mol. The normalized spacial score (nSPS) is 46.6. The average molecular weight is 497 g/mol. The summed E-state index contributed by atoms with van der Waals surface area (Å²) in [7, 11) is 0. The Labute approximate surface area is 218 Å². The quantitative estimate of drug-likeness (QED) is 0.397. The number of esters is 1. The number of carboxylic acid groups (broad SMARTS) is 1. The molecule has 4 saturated carbocycles. The van der Waals surface area contributed by atoms with Gasteiger partial charge in [0, 0.05) is 12.3 Å². The fourth-order valence-electron chi connectivity index (χ4n) is 10.3. The minimum Gasteiger partial charge on any atom is -0.481 e. The highest BCUT2D eigenvalue weighted by atomic mass is 16.5. The third-order valence-electron chi connectivity index (χ3n) is 12.7. The molecule has 0 spiro atoms. The molecule has 5 aliphatic carbocycles. The molecule has 7 atom stereocenters. The van der Waals surface area contributed by atoms with Crippen LogP contribution < -0.4 is 0 Å². The van der Waals surface area contributed by atoms with Gasteiger partial charge in [0.05, 0.1) is 5.41 Å². The predicted molar refractivity (Wildman–Crippen MR) is 142 cm³/mol. The van der Waals surface area contributed by atoms with Crippen LogP contribution in [0.4, 0.5) is 0 Å². The highest BCUT2D eigenvalue weighted by Gasteiger charge is 2.67. The van der Waals surface area contributed by atoms with Crippen molar-refractivity contribution in [3.8, 4) is 0 Å². The number of rotatable bonds is 2. The van der Waals surface area contributed by atoms with Crippen LogP contribution in [0.3, 0.4) is 0 Å². The van der Waals surface area contributed by atoms with Gasteiger partial charge in [-0.05, 0) is 91.3 Å². The first-order chi connectivity index (χ1) is 16.5. The predicted octanol–water partition coefficient (Wildman–Crippen LogP) is 7.72. The van der Waals surface area contributed by atoms with Crippen LogP contribution in [0.25, 0.3) is 0 Å². The van der Waals surface area contributed by atoms with E-state index in [1.807, 2.05) is 0 Å². The lowest BCUT2D eigenvalue weighted by Crippen LogP contribution is -2.62. The number of carbonyl (C=O) groups is 2. The maximum Gasteiger partial charge on any atom is 0.310 e. The molecule has 0 aromatic carbocycles. The molecule has 0 aliphatic heterocycles. The number of hydrogen-bond acceptors (Lipinski definition) is 3. The Bertz CT molecular complexity index is 1050. The van der Waals surface area contributed by atoms with Crippen molar-refractivity contribution in [2.24, 2.45) is 44.3 Å². The fraction of sp³-hybridized carbons (Fsp3) is 0.812. The Kier molecular flexibility index (Phi) is 5.59. The van der Waals surface area contributed by atoms with E-state index in [0.29, 0.717) is 5.92 Å². The number of aliphatic carboxylic acids is 1. The van der Waals surface area contributed by atoms with Crippen LogP contribution in [0.1, 0.15) is 113 Å². The Morgan fingerprint density at radius 1 is 0.861 bits per heavy atom. The molecule has 5 rings (SSSR count). The number of ether oxygens (including phenoxy) is 1. The highest BCUT2D eigenvalue weighted by Crippen LogP contribution is 2.74. The van der Waals surface area contributed by atoms with Gasteiger partial charge in [-0.1, -0.05) is 71.8 Å². The van der Waals surface area contributed by atoms with Crippen LogP contribution in [0, 0.1) is 44.3 Å². The number of carboxylic acids is 1. The molecule has 1 N–H and O–H groups in total. The topological polar surface area (TPSA) is 63.6 Å². The number of allylic oxidation sites excluding steroid dienone is 4. The second kappa shape index (κ2) is 7.73. The van der Waals surface area contributed by atoms with E-state index >= 15 is 0 Å². The third-order valence-corrected chi connectivity index (χ3v) is 12.7. The Hall–Kier alpha value is -1.58. The van der Waals surface area contributed by atoms with E-state index in [2.05, 4.69) is 60.6 Å². The molecular weight excluding hydrogens is 448 g/mol. The molecule has 5 aliphatic rings. The van der Waals surface area contributed by atoms with Crippen LogP contribution in [0.5, 0.6) is 0 Å². The lowest BCUT2D eigenvalue weighted by atomic mass is 9.36. The van der Waals surface area contributed by atoms with Gasteiger partial charge in [-0.2, -0.15) is 0 Å². The van der Waals surface area contributed by atoms with Gasteiger partial charge in [-0.3, -0.25) is 9.59 Å². The van der Waals surface area contributed by atoms with Gasteiger partial charge in [0.2, 0.25) is 0 Å². The molecule has 0 heterocycles. The summed E-state index contributed by atoms with van der Waals surface area (Å²) in [6.07, 6.45) is 13.5. The maximum absolute atomic E-state index is 12.8. The average Bonchev–Trinajstić information content (AvgIpc) is 2.75. The first-order valence-electron chi connectivity index (χ1n) is 14.4. The van der Waals surface area contributed by atoms with Crippen LogP contribution in [-0.4, -0.2) is 23.1 Å². The molecular formula is C32H48O4. The van der Waals surface area contributed by atoms with Crippen LogP contribution in [0.15, 0.2) is 23.3 Å². The molecule has 0 aromatic heterocycles. The van der Waals surface area contributed by atoms with E-state index < -0.39 is 11.4 Å². The molecule has 0 radical (unpaired) electrons. The summed E-state index contributed by atoms with van der Waals surface area (Å²) >= 11 is 0. The van der Waals surface area contributed by atoms with Gasteiger partial charge in [-0.15, -0.1) is 0 Å². The van der Waals surface area contributed by atoms with Crippen LogP contribution in [-0.2, 0) is 14.3 Å². The van der Waals surface area contributed by atoms with Crippen molar-refractivity contribution in [1.82, 2.24) is 0 Å². The molecule has 0 unspecified atom stereocenters. The van der Waals surface area contributed by atoms with Gasteiger partial charge >= 0.3 is 11.9 Å². The Morgan fingerprint density at radius 3 is 2.17 bits per heavy atom. The zero-order chi connectivity index (χ0) is 26.5. The maximum atomic E-state index is 12.8. The van der Waals surface area contributed by atoms with Crippen LogP contribution in [0.2, 0.25) is 0 Å². The lowest BCUT2D eigenvalue weighted by Gasteiger charge is -2.68. The van der Waals surface area contributed by atoms with Crippen molar-refractivity contribution in [1.29, 1.82) is 0 Å². The molecule has 0 aromatic rings. The van der Waals surface area contributed by atoms with E-state index in [0.717, 1.165) is 57.8 Å². The molecule has 0 bridgehead atoms. The zero-order valence-electron chi connectivity index (χ0n) is 23.9. The Morgan fingerprint density at radius 2 is 1.53 bits per heavy atom. The molecule has 0 amide bonds. The van der Waals surface area contributed by atoms with E-state index in [-0.39, 0.29) is 45.1 Å². The van der Waals surface area contributed by atoms with E-state index in [4.69, 9.17) is 4.74 Å². The zero-order valence-corrected chi connectivity index (χ0v) is 23.9. The molecule has 4 fully saturated rings. The third kappa shape index (κ3) is 3.24. The highest BCUT2D eigenvalue weighted by molar-refractivity contribution is 5.77. The van der Waals surface area contributed by atoms with Gasteiger partial charge < -0.3 is 9.84 Å². The van der Waals surface area contributed by atoms with Crippen molar-refractivity contribution in [2.45, 2.75) is 119 Å². The van der Waals surface area contributed by atoms with Crippen LogP contribution >= 0.6 is 0 Å². The molecule has 36 heavy (non-hydrogen) atoms. The second-order valence-electron chi connectivity index (χ2n) is 15.2. The summed E-state index contributed by atoms with van der Waals surface area (Å²) in [5, 5.41) is 10.5. The summed E-state index contributed by atoms with van der Waals surface area (Å²) in [4.78, 5) is 24.7. The fourth-order valence-corrected chi connectivity index (χ4v) is 10.3. The van der Waals surface area contributed by atoms with E-state index in [1.54, 1.807) is 5.57 Å². The first-order valence-corrected chi connectivity index (χ1v) is 14.4. The van der Waals surface area contributed by atoms with Gasteiger partial charge in [0.25, 0.3) is 0 Å². The smallest absolute Gasteiger partial charge is 0.310 e. The van der Waals surface area contributed by atoms with Crippen molar-refractivity contribution in [3.05, 3.63) is 23.3 Å². The van der Waals surface area contributed by atoms with Gasteiger partial charge in [-0.25, -0.2) is 0 Å². The van der Waals surface area contributed by atoms with E-state index in [9.17, 15) is 14.7 Å². The largest absolute Gasteiger partial charge is 0.481 e. The number of fused-ring (bicyclic) bond motifs is 7. The standard InChI is InChI=1S/C32H48O4/c1-20(33)36-25-12-13-29(6)23(28(25,4)5)11-14-31(8)24(29)10-9-21-22-19-27(2,3)15-17-32(22,26(34)35)18-16-30(21,31)7/h9-10,22-23,25H,11-19H2,1-8H3,(H,34,35)/t22-,23+,25+,29+,30-,31-,32+/m1/s1. The molecule has 4 nitrogen and oxygen atoms in total. The summed E-state index contributed by atoms with van der Waals surface area (Å²) in [6.45, 7) is 18.3.